The van der Waals surface area contributed by atoms with Crippen molar-refractivity contribution < 1.29 is 4.79 Å². The van der Waals surface area contributed by atoms with E-state index >= 15 is 0 Å². The normalized spacial score (nSPS) is 20.6. The summed E-state index contributed by atoms with van der Waals surface area (Å²) in [5, 5.41) is 0.614. The second-order valence-electron chi connectivity index (χ2n) is 7.29. The van der Waals surface area contributed by atoms with Gasteiger partial charge in [0.2, 0.25) is 5.91 Å². The summed E-state index contributed by atoms with van der Waals surface area (Å²) < 4.78 is 1.87. The van der Waals surface area contributed by atoms with Crippen molar-refractivity contribution in [3.63, 3.8) is 0 Å². The lowest BCUT2D eigenvalue weighted by atomic mass is 10.1. The van der Waals surface area contributed by atoms with Gasteiger partial charge in [-0.3, -0.25) is 14.1 Å². The van der Waals surface area contributed by atoms with Crippen LogP contribution in [0.2, 0.25) is 5.02 Å². The van der Waals surface area contributed by atoms with Gasteiger partial charge in [-0.05, 0) is 31.0 Å². The highest BCUT2D eigenvalue weighted by molar-refractivity contribution is 6.30. The van der Waals surface area contributed by atoms with E-state index in [1.54, 1.807) is 24.7 Å². The number of fused-ring (bicyclic) bond motifs is 1. The van der Waals surface area contributed by atoms with Crippen molar-refractivity contribution >= 4 is 29.0 Å². The van der Waals surface area contributed by atoms with Gasteiger partial charge in [0.25, 0.3) is 0 Å². The molecule has 2 N–H and O–H groups in total. The number of primary amides is 1. The summed E-state index contributed by atoms with van der Waals surface area (Å²) in [6, 6.07) is 5.74. The van der Waals surface area contributed by atoms with Gasteiger partial charge in [0.15, 0.2) is 5.82 Å². The lowest BCUT2D eigenvalue weighted by molar-refractivity contribution is -0.123. The van der Waals surface area contributed by atoms with E-state index in [1.807, 2.05) is 16.5 Å². The van der Waals surface area contributed by atoms with E-state index in [1.165, 1.54) is 0 Å². The van der Waals surface area contributed by atoms with Crippen molar-refractivity contribution in [2.45, 2.75) is 24.9 Å². The van der Waals surface area contributed by atoms with E-state index in [-0.39, 0.29) is 11.9 Å². The van der Waals surface area contributed by atoms with Crippen molar-refractivity contribution in [3.05, 3.63) is 41.8 Å². The number of hydrogen-bond donors (Lipinski definition) is 1. The Morgan fingerprint density at radius 2 is 2.04 bits per heavy atom. The van der Waals surface area contributed by atoms with Gasteiger partial charge in [0.05, 0.1) is 11.2 Å². The van der Waals surface area contributed by atoms with E-state index in [2.05, 4.69) is 19.8 Å². The molecule has 1 aliphatic carbocycles. The van der Waals surface area contributed by atoms with Crippen molar-refractivity contribution in [3.8, 4) is 11.5 Å². The van der Waals surface area contributed by atoms with Gasteiger partial charge < -0.3 is 10.6 Å². The summed E-state index contributed by atoms with van der Waals surface area (Å²) in [5.74, 6) is 1.07. The molecule has 5 rings (SSSR count). The van der Waals surface area contributed by atoms with Crippen LogP contribution in [-0.4, -0.2) is 61.9 Å². The van der Waals surface area contributed by atoms with Crippen LogP contribution in [0.5, 0.6) is 0 Å². The van der Waals surface area contributed by atoms with Crippen molar-refractivity contribution in [2.75, 3.05) is 24.5 Å². The number of pyridine rings is 1. The lowest BCUT2D eigenvalue weighted by Gasteiger charge is -2.40. The number of imidazole rings is 1. The lowest BCUT2D eigenvalue weighted by Crippen LogP contribution is -2.59. The van der Waals surface area contributed by atoms with Crippen LogP contribution < -0.4 is 10.6 Å². The molecule has 1 aliphatic heterocycles. The highest BCUT2D eigenvalue weighted by Crippen LogP contribution is 2.31. The Bertz CT molecular complexity index is 1050. The van der Waals surface area contributed by atoms with E-state index in [0.29, 0.717) is 23.4 Å². The van der Waals surface area contributed by atoms with Gasteiger partial charge in [-0.15, -0.1) is 0 Å². The number of rotatable bonds is 4. The molecule has 144 valence electrons. The summed E-state index contributed by atoms with van der Waals surface area (Å²) in [6.07, 6.45) is 7.57. The Morgan fingerprint density at radius 3 is 2.82 bits per heavy atom. The van der Waals surface area contributed by atoms with Gasteiger partial charge in [-0.2, -0.15) is 0 Å². The zero-order chi connectivity index (χ0) is 19.3. The number of hydrogen-bond acceptors (Lipinski definition) is 6. The summed E-state index contributed by atoms with van der Waals surface area (Å²) in [7, 11) is 0. The van der Waals surface area contributed by atoms with Gasteiger partial charge in [-0.1, -0.05) is 11.6 Å². The minimum absolute atomic E-state index is 0.276. The predicted octanol–water partition coefficient (Wildman–Crippen LogP) is 1.58. The van der Waals surface area contributed by atoms with E-state index in [9.17, 15) is 4.79 Å². The third-order valence-corrected chi connectivity index (χ3v) is 5.65. The van der Waals surface area contributed by atoms with Crippen LogP contribution in [0, 0.1) is 0 Å². The largest absolute Gasteiger partial charge is 0.368 e. The molecule has 0 unspecified atom stereocenters. The number of piperazine rings is 1. The van der Waals surface area contributed by atoms with Crippen molar-refractivity contribution in [1.82, 2.24) is 24.3 Å². The highest BCUT2D eigenvalue weighted by Gasteiger charge is 2.40. The first kappa shape index (κ1) is 17.4. The zero-order valence-corrected chi connectivity index (χ0v) is 16.0. The smallest absolute Gasteiger partial charge is 0.236 e. The average Bonchev–Trinajstić information content (AvgIpc) is 3.47. The maximum atomic E-state index is 12.0. The molecule has 0 bridgehead atoms. The molecule has 0 spiro atoms. The van der Waals surface area contributed by atoms with Crippen LogP contribution in [0.4, 0.5) is 5.82 Å². The number of carbonyl (C=O) groups excluding carboxylic acids is 1. The molecular formula is C19H20ClN7O. The molecule has 2 aliphatic rings. The molecule has 1 atom stereocenters. The Kier molecular flexibility index (Phi) is 4.17. The number of carbonyl (C=O) groups is 1. The molecule has 4 heterocycles. The van der Waals surface area contributed by atoms with Gasteiger partial charge in [-0.25, -0.2) is 15.0 Å². The van der Waals surface area contributed by atoms with Gasteiger partial charge >= 0.3 is 0 Å². The number of amides is 1. The topological polar surface area (TPSA) is 92.7 Å². The molecular weight excluding hydrogens is 378 g/mol. The minimum atomic E-state index is -0.283. The van der Waals surface area contributed by atoms with Crippen LogP contribution in [0.15, 0.2) is 36.8 Å². The van der Waals surface area contributed by atoms with E-state index in [4.69, 9.17) is 22.3 Å². The molecule has 3 aromatic rings. The van der Waals surface area contributed by atoms with Crippen LogP contribution in [0.1, 0.15) is 12.8 Å². The maximum Gasteiger partial charge on any atom is 0.236 e. The summed E-state index contributed by atoms with van der Waals surface area (Å²) in [4.78, 5) is 29.9. The van der Waals surface area contributed by atoms with Crippen LogP contribution >= 0.6 is 11.6 Å². The quantitative estimate of drug-likeness (QED) is 0.718. The third kappa shape index (κ3) is 3.08. The molecule has 1 saturated heterocycles. The summed E-state index contributed by atoms with van der Waals surface area (Å²) in [6.45, 7) is 2.15. The first-order valence-corrected chi connectivity index (χ1v) is 9.74. The molecule has 1 saturated carbocycles. The van der Waals surface area contributed by atoms with Crippen LogP contribution in [0.25, 0.3) is 17.2 Å². The van der Waals surface area contributed by atoms with E-state index in [0.717, 1.165) is 43.1 Å². The predicted molar refractivity (Wildman–Crippen MR) is 106 cm³/mol. The Morgan fingerprint density at radius 1 is 1.18 bits per heavy atom. The Labute approximate surface area is 166 Å². The fourth-order valence-electron chi connectivity index (χ4n) is 3.87. The maximum absolute atomic E-state index is 12.0. The van der Waals surface area contributed by atoms with Crippen LogP contribution in [-0.2, 0) is 4.79 Å². The molecule has 0 aromatic carbocycles. The fourth-order valence-corrected chi connectivity index (χ4v) is 4.03. The number of nitrogens with zero attached hydrogens (tertiary/aromatic N) is 6. The number of nitrogens with two attached hydrogens (primary N) is 1. The molecule has 8 nitrogen and oxygen atoms in total. The van der Waals surface area contributed by atoms with Crippen LogP contribution in [0.3, 0.4) is 0 Å². The molecule has 9 heteroatoms. The number of halogens is 1. The third-order valence-electron chi connectivity index (χ3n) is 5.43. The second kappa shape index (κ2) is 6.72. The first-order chi connectivity index (χ1) is 13.6. The van der Waals surface area contributed by atoms with E-state index < -0.39 is 0 Å². The molecule has 1 amide bonds. The van der Waals surface area contributed by atoms with Gasteiger partial charge in [0.1, 0.15) is 23.2 Å². The van der Waals surface area contributed by atoms with Gasteiger partial charge in [0, 0.05) is 38.1 Å². The molecule has 28 heavy (non-hydrogen) atoms. The van der Waals surface area contributed by atoms with Crippen molar-refractivity contribution in [2.24, 2.45) is 5.73 Å². The molecule has 2 fully saturated rings. The fraction of sp³-hybridized carbons (Fsp3) is 0.368. The molecule has 3 aromatic heterocycles. The monoisotopic (exact) mass is 397 g/mol. The number of aromatic nitrogens is 4. The number of anilines is 1. The Balaban J connectivity index is 1.45. The first-order valence-electron chi connectivity index (χ1n) is 9.36. The van der Waals surface area contributed by atoms with Crippen molar-refractivity contribution in [1.29, 1.82) is 0 Å². The summed E-state index contributed by atoms with van der Waals surface area (Å²) in [5.41, 5.74) is 7.23. The Hall–Kier alpha value is -2.71. The average molecular weight is 398 g/mol. The minimum Gasteiger partial charge on any atom is -0.368 e. The summed E-state index contributed by atoms with van der Waals surface area (Å²) >= 11 is 6.13. The highest BCUT2D eigenvalue weighted by atomic mass is 35.5. The standard InChI is InChI=1S/C19H20ClN7O/c20-12-1-4-16-23-9-14(27(16)10-12)19-22-6-5-17(24-19)25-7-8-26(13-2-3-13)15(11-25)18(21)28/h1,4-6,9-10,13,15H,2-3,7-8,11H2,(H2,21,28)/t15-/m0/s1. The second-order valence-corrected chi connectivity index (χ2v) is 7.73. The SMILES string of the molecule is NC(=O)[C@@H]1CN(c2ccnc(-c3cnc4ccc(Cl)cn34)n2)CCN1C1CC1. The zero-order valence-electron chi connectivity index (χ0n) is 15.2. The molecule has 0 radical (unpaired) electrons.